The predicted molar refractivity (Wildman–Crippen MR) is 131 cm³/mol. The number of carbonyl (C=O) groups is 1. The molecule has 0 saturated carbocycles. The summed E-state index contributed by atoms with van der Waals surface area (Å²) in [5.74, 6) is -1.25. The molecule has 0 aliphatic heterocycles. The third kappa shape index (κ3) is 7.21. The third-order valence-corrected chi connectivity index (χ3v) is 5.48. The quantitative estimate of drug-likeness (QED) is 0.213. The summed E-state index contributed by atoms with van der Waals surface area (Å²) in [6.07, 6.45) is -5.58. The Morgan fingerprint density at radius 2 is 1.89 bits per heavy atom. The number of anilines is 2. The summed E-state index contributed by atoms with van der Waals surface area (Å²) >= 11 is 0. The van der Waals surface area contributed by atoms with Crippen LogP contribution in [0.5, 0.6) is 5.88 Å². The van der Waals surface area contributed by atoms with E-state index < -0.39 is 36.3 Å². The monoisotopic (exact) mass is 540 g/mol. The first-order chi connectivity index (χ1) is 18.0. The molecule has 0 unspecified atom stereocenters. The Labute approximate surface area is 216 Å². The van der Waals surface area contributed by atoms with Gasteiger partial charge in [-0.1, -0.05) is 18.2 Å². The molecule has 3 aromatic rings. The summed E-state index contributed by atoms with van der Waals surface area (Å²) in [6.45, 7) is 1.07. The third-order valence-electron chi connectivity index (χ3n) is 5.48. The van der Waals surface area contributed by atoms with Crippen LogP contribution in [0.4, 0.5) is 33.9 Å². The van der Waals surface area contributed by atoms with Gasteiger partial charge in [0.15, 0.2) is 0 Å². The number of halogens is 4. The second kappa shape index (κ2) is 12.7. The van der Waals surface area contributed by atoms with Crippen LogP contribution >= 0.6 is 0 Å². The molecule has 2 aromatic carbocycles. The number of amides is 2. The number of aliphatic hydroxyl groups excluding tert-OH is 2. The highest BCUT2D eigenvalue weighted by atomic mass is 19.4. The van der Waals surface area contributed by atoms with E-state index in [1.165, 1.54) is 11.8 Å². The van der Waals surface area contributed by atoms with Crippen LogP contribution in [0.15, 0.2) is 42.5 Å². The van der Waals surface area contributed by atoms with Crippen molar-refractivity contribution in [2.24, 2.45) is 0 Å². The molecule has 0 radical (unpaired) electrons. The largest absolute Gasteiger partial charge is 0.474 e. The number of rotatable bonds is 11. The molecule has 1 heterocycles. The van der Waals surface area contributed by atoms with Crippen molar-refractivity contribution in [3.63, 3.8) is 0 Å². The van der Waals surface area contributed by atoms with Gasteiger partial charge in [0.05, 0.1) is 23.4 Å². The zero-order chi connectivity index (χ0) is 27.9. The van der Waals surface area contributed by atoms with Crippen molar-refractivity contribution >= 4 is 17.5 Å². The predicted octanol–water partition coefficient (Wildman–Crippen LogP) is 4.29. The van der Waals surface area contributed by atoms with Crippen molar-refractivity contribution in [1.29, 1.82) is 0 Å². The number of alkyl halides is 3. The molecule has 2 amide bonds. The zero-order valence-corrected chi connectivity index (χ0v) is 20.7. The second-order valence-electron chi connectivity index (χ2n) is 8.34. The van der Waals surface area contributed by atoms with Gasteiger partial charge < -0.3 is 25.0 Å². The van der Waals surface area contributed by atoms with Crippen molar-refractivity contribution in [3.05, 3.63) is 65.0 Å². The van der Waals surface area contributed by atoms with Crippen molar-refractivity contribution in [2.75, 3.05) is 37.6 Å². The van der Waals surface area contributed by atoms with Crippen LogP contribution in [0.3, 0.4) is 0 Å². The number of urea groups is 1. The number of aryl methyl sites for hydroxylation is 1. The molecule has 0 saturated heterocycles. The van der Waals surface area contributed by atoms with E-state index in [1.54, 1.807) is 37.3 Å². The van der Waals surface area contributed by atoms with Crippen molar-refractivity contribution in [2.45, 2.75) is 32.0 Å². The fourth-order valence-corrected chi connectivity index (χ4v) is 3.57. The summed E-state index contributed by atoms with van der Waals surface area (Å²) < 4.78 is 66.1. The first kappa shape index (κ1) is 28.9. The van der Waals surface area contributed by atoms with E-state index in [0.29, 0.717) is 23.7 Å². The van der Waals surface area contributed by atoms with E-state index >= 15 is 0 Å². The molecule has 0 aliphatic carbocycles. The molecule has 0 bridgehead atoms. The van der Waals surface area contributed by atoms with Crippen LogP contribution in [0.2, 0.25) is 0 Å². The number of aliphatic hydroxyl groups is 2. The van der Waals surface area contributed by atoms with Crippen LogP contribution in [-0.4, -0.2) is 59.1 Å². The second-order valence-corrected chi connectivity index (χ2v) is 8.34. The molecular weight excluding hydrogens is 512 g/mol. The number of hydrogen-bond donors (Lipinski definition) is 4. The molecule has 0 aliphatic rings. The van der Waals surface area contributed by atoms with Crippen LogP contribution in [0, 0.1) is 12.7 Å². The molecule has 38 heavy (non-hydrogen) atoms. The number of benzene rings is 2. The van der Waals surface area contributed by atoms with Gasteiger partial charge in [0, 0.05) is 19.4 Å². The Balaban J connectivity index is 1.93. The first-order valence-electron chi connectivity index (χ1n) is 11.6. The van der Waals surface area contributed by atoms with E-state index in [2.05, 4.69) is 15.7 Å². The van der Waals surface area contributed by atoms with E-state index in [9.17, 15) is 27.5 Å². The number of para-hydroxylation sites is 1. The standard InChI is InChI=1S/C25H28F4N4O5/c1-15-22(33(17-8-4-3-5-9-17)32-23(15)38-14-18(35)13-34)31-24(36)30-21-12-19(25(27,28)29)20(26)11-16(21)7-6-10-37-2/h3-5,8-9,11-12,18,34-35H,6-7,10,13-14H2,1-2H3,(H2,30,31,36)/t18-/m1/s1. The van der Waals surface area contributed by atoms with Crippen LogP contribution in [0.25, 0.3) is 5.69 Å². The summed E-state index contributed by atoms with van der Waals surface area (Å²) in [5.41, 5.74) is -0.669. The summed E-state index contributed by atoms with van der Waals surface area (Å²) in [7, 11) is 1.46. The smallest absolute Gasteiger partial charge is 0.419 e. The number of hydrogen-bond acceptors (Lipinski definition) is 6. The average Bonchev–Trinajstić information content (AvgIpc) is 3.18. The Hall–Kier alpha value is -3.68. The lowest BCUT2D eigenvalue weighted by molar-refractivity contribution is -0.139. The van der Waals surface area contributed by atoms with Gasteiger partial charge in [-0.2, -0.15) is 13.2 Å². The number of nitrogens with one attached hydrogen (secondary N) is 2. The van der Waals surface area contributed by atoms with Gasteiger partial charge in [-0.3, -0.25) is 5.32 Å². The normalized spacial score (nSPS) is 12.3. The fraction of sp³-hybridized carbons (Fsp3) is 0.360. The lowest BCUT2D eigenvalue weighted by atomic mass is 10.0. The van der Waals surface area contributed by atoms with Gasteiger partial charge in [0.1, 0.15) is 24.3 Å². The highest BCUT2D eigenvalue weighted by Gasteiger charge is 2.35. The molecule has 9 nitrogen and oxygen atoms in total. The number of methoxy groups -OCH3 is 1. The van der Waals surface area contributed by atoms with E-state index in [-0.39, 0.29) is 42.6 Å². The van der Waals surface area contributed by atoms with E-state index in [4.69, 9.17) is 14.6 Å². The topological polar surface area (TPSA) is 118 Å². The maximum Gasteiger partial charge on any atom is 0.419 e. The highest BCUT2D eigenvalue weighted by molar-refractivity contribution is 6.00. The molecule has 206 valence electrons. The van der Waals surface area contributed by atoms with Gasteiger partial charge >= 0.3 is 12.2 Å². The molecule has 0 fully saturated rings. The fourth-order valence-electron chi connectivity index (χ4n) is 3.57. The maximum absolute atomic E-state index is 14.2. The molecule has 0 spiro atoms. The minimum absolute atomic E-state index is 0.0537. The summed E-state index contributed by atoms with van der Waals surface area (Å²) in [6, 6.07) is 9.05. The van der Waals surface area contributed by atoms with Crippen molar-refractivity contribution in [1.82, 2.24) is 9.78 Å². The van der Waals surface area contributed by atoms with Gasteiger partial charge in [0.25, 0.3) is 0 Å². The number of ether oxygens (including phenoxy) is 2. The van der Waals surface area contributed by atoms with Gasteiger partial charge in [-0.05, 0) is 49.6 Å². The van der Waals surface area contributed by atoms with Crippen LogP contribution < -0.4 is 15.4 Å². The van der Waals surface area contributed by atoms with E-state index in [0.717, 1.165) is 6.07 Å². The lowest BCUT2D eigenvalue weighted by Gasteiger charge is -2.17. The van der Waals surface area contributed by atoms with Crippen molar-refractivity contribution in [3.8, 4) is 11.6 Å². The number of nitrogens with zero attached hydrogens (tertiary/aromatic N) is 2. The van der Waals surface area contributed by atoms with Gasteiger partial charge in [0.2, 0.25) is 5.88 Å². The minimum atomic E-state index is -4.96. The van der Waals surface area contributed by atoms with Gasteiger partial charge in [-0.15, -0.1) is 5.10 Å². The Morgan fingerprint density at radius 1 is 1.18 bits per heavy atom. The maximum atomic E-state index is 14.2. The molecule has 13 heteroatoms. The molecule has 4 N–H and O–H groups in total. The lowest BCUT2D eigenvalue weighted by Crippen LogP contribution is -2.23. The average molecular weight is 541 g/mol. The zero-order valence-electron chi connectivity index (χ0n) is 20.7. The molecular formula is C25H28F4N4O5. The minimum Gasteiger partial charge on any atom is -0.474 e. The first-order valence-corrected chi connectivity index (χ1v) is 11.6. The number of carbonyl (C=O) groups excluding carboxylic acids is 1. The SMILES string of the molecule is COCCCc1cc(F)c(C(F)(F)F)cc1NC(=O)Nc1c(C)c(OC[C@H](O)CO)nn1-c1ccccc1. The summed E-state index contributed by atoms with van der Waals surface area (Å²) in [5, 5.41) is 27.9. The number of aromatic nitrogens is 2. The molecule has 1 atom stereocenters. The van der Waals surface area contributed by atoms with Crippen LogP contribution in [0.1, 0.15) is 23.1 Å². The molecule has 3 rings (SSSR count). The van der Waals surface area contributed by atoms with Gasteiger partial charge in [-0.25, -0.2) is 13.9 Å². The highest BCUT2D eigenvalue weighted by Crippen LogP contribution is 2.35. The summed E-state index contributed by atoms with van der Waals surface area (Å²) in [4.78, 5) is 13.0. The van der Waals surface area contributed by atoms with E-state index in [1.807, 2.05) is 0 Å². The Bertz CT molecular complexity index is 1230. The Kier molecular flexibility index (Phi) is 9.66. The van der Waals surface area contributed by atoms with Crippen molar-refractivity contribution < 1.29 is 42.0 Å². The Morgan fingerprint density at radius 3 is 2.53 bits per heavy atom. The van der Waals surface area contributed by atoms with Crippen LogP contribution in [-0.2, 0) is 17.3 Å². The molecule has 1 aromatic heterocycles.